The summed E-state index contributed by atoms with van der Waals surface area (Å²) < 4.78 is 0. The van der Waals surface area contributed by atoms with Crippen molar-refractivity contribution in [3.8, 4) is 0 Å². The molecule has 1 heterocycles. The van der Waals surface area contributed by atoms with Crippen LogP contribution in [0.3, 0.4) is 0 Å². The number of nitrogens with one attached hydrogen (secondary N) is 1. The van der Waals surface area contributed by atoms with E-state index in [2.05, 4.69) is 5.32 Å². The lowest BCUT2D eigenvalue weighted by Gasteiger charge is -2.28. The summed E-state index contributed by atoms with van der Waals surface area (Å²) in [7, 11) is 1.77. The zero-order chi connectivity index (χ0) is 14.4. The van der Waals surface area contributed by atoms with E-state index in [0.29, 0.717) is 19.0 Å². The molecule has 0 bridgehead atoms. The smallest absolute Gasteiger partial charge is 0.312 e. The minimum Gasteiger partial charge on any atom is -0.337 e. The third-order valence-corrected chi connectivity index (χ3v) is 4.41. The van der Waals surface area contributed by atoms with Crippen LogP contribution in [0.2, 0.25) is 0 Å². The van der Waals surface area contributed by atoms with Crippen molar-refractivity contribution in [2.24, 2.45) is 5.92 Å². The summed E-state index contributed by atoms with van der Waals surface area (Å²) in [5.41, 5.74) is 0. The molecule has 2 aliphatic rings. The summed E-state index contributed by atoms with van der Waals surface area (Å²) in [6.45, 7) is 3.77. The van der Waals surface area contributed by atoms with E-state index < -0.39 is 0 Å². The number of hydrogen-bond acceptors (Lipinski definition) is 3. The van der Waals surface area contributed by atoms with E-state index in [9.17, 15) is 9.59 Å². The summed E-state index contributed by atoms with van der Waals surface area (Å²) in [5, 5.41) is 3.25. The van der Waals surface area contributed by atoms with E-state index in [1.165, 1.54) is 32.1 Å². The van der Waals surface area contributed by atoms with Crippen LogP contribution < -0.4 is 5.32 Å². The molecule has 1 N–H and O–H groups in total. The molecule has 0 atom stereocenters. The van der Waals surface area contributed by atoms with Crippen LogP contribution in [-0.2, 0) is 9.59 Å². The summed E-state index contributed by atoms with van der Waals surface area (Å²) >= 11 is 0. The van der Waals surface area contributed by atoms with Crippen molar-refractivity contribution in [1.29, 1.82) is 0 Å². The molecule has 20 heavy (non-hydrogen) atoms. The van der Waals surface area contributed by atoms with Gasteiger partial charge >= 0.3 is 11.8 Å². The minimum absolute atomic E-state index is 0.327. The van der Waals surface area contributed by atoms with Gasteiger partial charge in [-0.3, -0.25) is 9.59 Å². The molecule has 2 rings (SSSR count). The highest BCUT2D eigenvalue weighted by atomic mass is 16.2. The van der Waals surface area contributed by atoms with Crippen molar-refractivity contribution in [1.82, 2.24) is 15.1 Å². The Balaban J connectivity index is 1.83. The number of rotatable bonds is 2. The van der Waals surface area contributed by atoms with Gasteiger partial charge in [0.05, 0.1) is 0 Å². The Morgan fingerprint density at radius 2 is 1.85 bits per heavy atom. The number of hydrogen-bond donors (Lipinski definition) is 1. The molecule has 1 aliphatic carbocycles. The second kappa shape index (κ2) is 7.62. The van der Waals surface area contributed by atoms with Gasteiger partial charge in [0.15, 0.2) is 0 Å². The Morgan fingerprint density at radius 3 is 2.60 bits per heavy atom. The standard InChI is InChI=1S/C15H27N3O2/c1-17(12-13-6-3-2-4-7-13)14(19)15(20)18-10-5-8-16-9-11-18/h13,16H,2-12H2,1H3. The van der Waals surface area contributed by atoms with Gasteiger partial charge in [0.1, 0.15) is 0 Å². The number of amides is 2. The lowest BCUT2D eigenvalue weighted by Crippen LogP contribution is -2.46. The third-order valence-electron chi connectivity index (χ3n) is 4.41. The first kappa shape index (κ1) is 15.3. The fourth-order valence-electron chi connectivity index (χ4n) is 3.19. The molecule has 5 heteroatoms. The Morgan fingerprint density at radius 1 is 1.10 bits per heavy atom. The Labute approximate surface area is 121 Å². The van der Waals surface area contributed by atoms with Gasteiger partial charge in [0, 0.05) is 33.2 Å². The Hall–Kier alpha value is -1.10. The molecule has 0 aromatic carbocycles. The van der Waals surface area contributed by atoms with Crippen molar-refractivity contribution >= 4 is 11.8 Å². The highest BCUT2D eigenvalue weighted by Crippen LogP contribution is 2.24. The molecule has 2 fully saturated rings. The quantitative estimate of drug-likeness (QED) is 0.763. The van der Waals surface area contributed by atoms with Crippen LogP contribution in [0.25, 0.3) is 0 Å². The predicted octanol–water partition coefficient (Wildman–Crippen LogP) is 0.847. The van der Waals surface area contributed by atoms with Crippen LogP contribution in [0.4, 0.5) is 0 Å². The lowest BCUT2D eigenvalue weighted by molar-refractivity contribution is -0.151. The minimum atomic E-state index is -0.336. The molecule has 5 nitrogen and oxygen atoms in total. The largest absolute Gasteiger partial charge is 0.337 e. The van der Waals surface area contributed by atoms with Gasteiger partial charge in [-0.1, -0.05) is 19.3 Å². The van der Waals surface area contributed by atoms with Gasteiger partial charge < -0.3 is 15.1 Å². The molecule has 1 saturated carbocycles. The summed E-state index contributed by atoms with van der Waals surface area (Å²) in [4.78, 5) is 27.8. The topological polar surface area (TPSA) is 52.7 Å². The molecular weight excluding hydrogens is 254 g/mol. The molecule has 0 radical (unpaired) electrons. The molecule has 1 saturated heterocycles. The van der Waals surface area contributed by atoms with Crippen molar-refractivity contribution in [3.05, 3.63) is 0 Å². The van der Waals surface area contributed by atoms with Crippen LogP contribution in [0.5, 0.6) is 0 Å². The number of likely N-dealkylation sites (N-methyl/N-ethyl adjacent to an activating group) is 1. The first-order valence-electron chi connectivity index (χ1n) is 7.93. The zero-order valence-corrected chi connectivity index (χ0v) is 12.6. The molecular formula is C15H27N3O2. The summed E-state index contributed by atoms with van der Waals surface area (Å²) in [6.07, 6.45) is 7.15. The maximum Gasteiger partial charge on any atom is 0.312 e. The van der Waals surface area contributed by atoms with Gasteiger partial charge in [-0.15, -0.1) is 0 Å². The van der Waals surface area contributed by atoms with Crippen molar-refractivity contribution in [3.63, 3.8) is 0 Å². The number of carbonyl (C=O) groups is 2. The molecule has 2 amide bonds. The fraction of sp³-hybridized carbons (Fsp3) is 0.867. The normalized spacial score (nSPS) is 21.4. The van der Waals surface area contributed by atoms with Crippen molar-refractivity contribution in [2.45, 2.75) is 38.5 Å². The van der Waals surface area contributed by atoms with Crippen LogP contribution >= 0.6 is 0 Å². The van der Waals surface area contributed by atoms with E-state index in [1.54, 1.807) is 16.8 Å². The summed E-state index contributed by atoms with van der Waals surface area (Å²) in [5.74, 6) is -0.0826. The fourth-order valence-corrected chi connectivity index (χ4v) is 3.19. The van der Waals surface area contributed by atoms with Crippen LogP contribution in [-0.4, -0.2) is 61.4 Å². The van der Waals surface area contributed by atoms with Gasteiger partial charge in [0.25, 0.3) is 0 Å². The van der Waals surface area contributed by atoms with Crippen LogP contribution in [0.1, 0.15) is 38.5 Å². The Kier molecular flexibility index (Phi) is 5.83. The molecule has 1 aliphatic heterocycles. The van der Waals surface area contributed by atoms with Gasteiger partial charge in [-0.05, 0) is 31.7 Å². The van der Waals surface area contributed by atoms with Gasteiger partial charge in [-0.2, -0.15) is 0 Å². The van der Waals surface area contributed by atoms with Gasteiger partial charge in [0.2, 0.25) is 0 Å². The van der Waals surface area contributed by atoms with E-state index in [4.69, 9.17) is 0 Å². The molecule has 114 valence electrons. The van der Waals surface area contributed by atoms with E-state index in [-0.39, 0.29) is 11.8 Å². The lowest BCUT2D eigenvalue weighted by atomic mass is 9.89. The van der Waals surface area contributed by atoms with Crippen molar-refractivity contribution in [2.75, 3.05) is 39.8 Å². The SMILES string of the molecule is CN(CC1CCCCC1)C(=O)C(=O)N1CCCNCC1. The average molecular weight is 281 g/mol. The predicted molar refractivity (Wildman–Crippen MR) is 78.3 cm³/mol. The second-order valence-corrected chi connectivity index (χ2v) is 6.09. The maximum atomic E-state index is 12.2. The molecule has 0 aromatic heterocycles. The van der Waals surface area contributed by atoms with E-state index in [1.807, 2.05) is 0 Å². The van der Waals surface area contributed by atoms with Crippen molar-refractivity contribution < 1.29 is 9.59 Å². The number of carbonyl (C=O) groups excluding carboxylic acids is 2. The van der Waals surface area contributed by atoms with Gasteiger partial charge in [-0.25, -0.2) is 0 Å². The highest BCUT2D eigenvalue weighted by molar-refractivity contribution is 6.34. The maximum absolute atomic E-state index is 12.2. The van der Waals surface area contributed by atoms with Crippen LogP contribution in [0, 0.1) is 5.92 Å². The molecule has 0 spiro atoms. The Bertz CT molecular complexity index is 332. The third kappa shape index (κ3) is 4.20. The molecule has 0 aromatic rings. The molecule has 0 unspecified atom stereocenters. The van der Waals surface area contributed by atoms with E-state index >= 15 is 0 Å². The van der Waals surface area contributed by atoms with E-state index in [0.717, 1.165) is 26.1 Å². The first-order chi connectivity index (χ1) is 9.68. The average Bonchev–Trinajstić information content (AvgIpc) is 2.75. The number of nitrogens with zero attached hydrogens (tertiary/aromatic N) is 2. The monoisotopic (exact) mass is 281 g/mol. The second-order valence-electron chi connectivity index (χ2n) is 6.09. The highest BCUT2D eigenvalue weighted by Gasteiger charge is 2.27. The zero-order valence-electron chi connectivity index (χ0n) is 12.6. The first-order valence-corrected chi connectivity index (χ1v) is 7.93. The summed E-state index contributed by atoms with van der Waals surface area (Å²) in [6, 6.07) is 0. The van der Waals surface area contributed by atoms with Crippen LogP contribution in [0.15, 0.2) is 0 Å².